The van der Waals surface area contributed by atoms with E-state index in [-0.39, 0.29) is 29.9 Å². The zero-order valence-electron chi connectivity index (χ0n) is 42.2. The van der Waals surface area contributed by atoms with Crippen LogP contribution in [0.1, 0.15) is 197 Å². The summed E-state index contributed by atoms with van der Waals surface area (Å²) in [6, 6.07) is 1.76. The molecule has 14 rings (SSSR count). The van der Waals surface area contributed by atoms with Crippen molar-refractivity contribution < 1.29 is 19.2 Å². The van der Waals surface area contributed by atoms with Crippen LogP contribution in [0.15, 0.2) is 0 Å². The monoisotopic (exact) mass is 971 g/mol. The fourth-order valence-corrected chi connectivity index (χ4v) is 16.1. The van der Waals surface area contributed by atoms with Crippen LogP contribution in [0.4, 0.5) is 9.59 Å². The lowest BCUT2D eigenvalue weighted by atomic mass is 9.54. The van der Waals surface area contributed by atoms with Gasteiger partial charge in [0.15, 0.2) is 11.4 Å². The third kappa shape index (κ3) is 10.5. The molecule has 2 atom stereocenters. The van der Waals surface area contributed by atoms with Gasteiger partial charge < -0.3 is 31.5 Å². The van der Waals surface area contributed by atoms with E-state index in [0.29, 0.717) is 65.6 Å². The number of carbonyl (C=O) groups is 4. The Labute approximate surface area is 416 Å². The molecule has 0 radical (unpaired) electrons. The molecule has 69 heavy (non-hydrogen) atoms. The fourth-order valence-electron chi connectivity index (χ4n) is 16.1. The molecule has 0 aliphatic heterocycles. The molecular formula is C54H83ClN10O4. The molecule has 0 saturated heterocycles. The number of hydrogen-bond donors (Lipinski definition) is 4. The van der Waals surface area contributed by atoms with Crippen LogP contribution in [-0.2, 0) is 25.7 Å². The van der Waals surface area contributed by atoms with Crippen molar-refractivity contribution in [1.82, 2.24) is 45.3 Å². The van der Waals surface area contributed by atoms with Crippen molar-refractivity contribution in [3.63, 3.8) is 0 Å². The van der Waals surface area contributed by atoms with Crippen LogP contribution < -0.4 is 21.7 Å². The summed E-state index contributed by atoms with van der Waals surface area (Å²) in [5.74, 6) is 6.49. The van der Waals surface area contributed by atoms with Crippen LogP contribution in [0.5, 0.6) is 0 Å². The molecule has 15 heteroatoms. The predicted octanol–water partition coefficient (Wildman–Crippen LogP) is 8.74. The number of aromatic nitrogens is 4. The van der Waals surface area contributed by atoms with E-state index in [9.17, 15) is 19.2 Å². The standard InChI is InChI=1S/C27H41N5O2.C24H36N4O.C3H6ClNO/c1-31(2)27(34)28-20-8-9-23-22(15-20)25(30-32(23)21-6-4-3-5-7-21)26(33)29-24-18-11-16-10-17(13-18)14-19(24)12-16;25-18-6-7-21-20(13-18)23(27-28(21)19-4-2-1-3-5-19)24(29)26-22-16-9-14-8-15(11-16)12-17(22)10-14;1-5(2)3(4)6/h16-21,24H,3-15H2,1-2H3,(H,28,34)(H,29,33);14-19,22H,1-13,25H2,(H,26,29);1-2H3. The Morgan fingerprint density at radius 3 is 1.32 bits per heavy atom. The first-order valence-corrected chi connectivity index (χ1v) is 28.1. The molecule has 8 bridgehead atoms. The average molecular weight is 972 g/mol. The molecule has 5 amide bonds. The SMILES string of the molecule is CN(C)C(=O)Cl.CN(C)C(=O)NC1CCc2c(c(C(=O)NC3C4CC5CC(C4)CC3C5)nn2C2CCCCC2)C1.NC1CCc2c(c(C(=O)NC3C4CC5CC(C4)CC3C5)nn2C2CCCCC2)C1. The van der Waals surface area contributed by atoms with E-state index in [1.54, 1.807) is 33.1 Å². The molecular weight excluding hydrogens is 888 g/mol. The molecule has 0 aromatic carbocycles. The number of nitrogens with zero attached hydrogens (tertiary/aromatic N) is 6. The van der Waals surface area contributed by atoms with Crippen LogP contribution in [0.25, 0.3) is 0 Å². The number of nitrogens with one attached hydrogen (secondary N) is 3. The van der Waals surface area contributed by atoms with Gasteiger partial charge in [-0.15, -0.1) is 0 Å². The number of urea groups is 1. The molecule has 10 saturated carbocycles. The van der Waals surface area contributed by atoms with Gasteiger partial charge in [0.2, 0.25) is 0 Å². The van der Waals surface area contributed by atoms with E-state index in [2.05, 4.69) is 25.3 Å². The van der Waals surface area contributed by atoms with Crippen molar-refractivity contribution in [3.05, 3.63) is 33.9 Å². The van der Waals surface area contributed by atoms with Crippen LogP contribution in [-0.4, -0.2) is 105 Å². The summed E-state index contributed by atoms with van der Waals surface area (Å²) in [4.78, 5) is 52.3. The van der Waals surface area contributed by atoms with Crippen molar-refractivity contribution in [2.45, 2.75) is 203 Å². The Morgan fingerprint density at radius 1 is 0.536 bits per heavy atom. The molecule has 380 valence electrons. The van der Waals surface area contributed by atoms with Gasteiger partial charge in [-0.1, -0.05) is 38.5 Å². The van der Waals surface area contributed by atoms with E-state index in [1.807, 2.05) is 0 Å². The maximum Gasteiger partial charge on any atom is 0.317 e. The van der Waals surface area contributed by atoms with Crippen molar-refractivity contribution in [3.8, 4) is 0 Å². The molecule has 12 aliphatic rings. The zero-order valence-corrected chi connectivity index (χ0v) is 43.0. The van der Waals surface area contributed by atoms with E-state index in [0.717, 1.165) is 79.7 Å². The van der Waals surface area contributed by atoms with Gasteiger partial charge in [-0.05, 0) is 187 Å². The lowest BCUT2D eigenvalue weighted by Crippen LogP contribution is -2.56. The van der Waals surface area contributed by atoms with Crippen LogP contribution in [0.2, 0.25) is 0 Å². The summed E-state index contributed by atoms with van der Waals surface area (Å²) in [6.45, 7) is 0. The van der Waals surface area contributed by atoms with Crippen molar-refractivity contribution in [2.75, 3.05) is 28.2 Å². The fraction of sp³-hybridized carbons (Fsp3) is 0.815. The van der Waals surface area contributed by atoms with Crippen LogP contribution in [0.3, 0.4) is 0 Å². The Balaban J connectivity index is 0.000000145. The summed E-state index contributed by atoms with van der Waals surface area (Å²) in [5.41, 5.74) is 12.5. The van der Waals surface area contributed by atoms with Gasteiger partial charge in [0.25, 0.3) is 11.8 Å². The third-order valence-corrected chi connectivity index (χ3v) is 19.4. The molecule has 2 heterocycles. The van der Waals surface area contributed by atoms with Gasteiger partial charge in [0.1, 0.15) is 0 Å². The van der Waals surface area contributed by atoms with Crippen molar-refractivity contribution in [1.29, 1.82) is 0 Å². The molecule has 0 spiro atoms. The first kappa shape index (κ1) is 49.0. The van der Waals surface area contributed by atoms with Crippen LogP contribution >= 0.6 is 11.6 Å². The smallest absolute Gasteiger partial charge is 0.317 e. The molecule has 2 unspecified atom stereocenters. The molecule has 2 aromatic rings. The normalized spacial score (nSPS) is 34.0. The largest absolute Gasteiger partial charge is 0.347 e. The maximum atomic E-state index is 13.8. The minimum atomic E-state index is -0.435. The molecule has 5 N–H and O–H groups in total. The lowest BCUT2D eigenvalue weighted by Gasteiger charge is -2.54. The summed E-state index contributed by atoms with van der Waals surface area (Å²) in [5, 5.41) is 19.7. The summed E-state index contributed by atoms with van der Waals surface area (Å²) in [6.07, 6.45) is 31.1. The van der Waals surface area contributed by atoms with Gasteiger partial charge in [-0.3, -0.25) is 23.7 Å². The Bertz CT molecular complexity index is 2130. The Kier molecular flexibility index (Phi) is 14.8. The highest BCUT2D eigenvalue weighted by Crippen LogP contribution is 2.55. The molecule has 10 fully saturated rings. The summed E-state index contributed by atoms with van der Waals surface area (Å²) in [7, 11) is 6.73. The average Bonchev–Trinajstić information content (AvgIpc) is 3.90. The quantitative estimate of drug-likeness (QED) is 0.159. The minimum Gasteiger partial charge on any atom is -0.347 e. The van der Waals surface area contributed by atoms with E-state index < -0.39 is 5.37 Å². The predicted molar refractivity (Wildman–Crippen MR) is 268 cm³/mol. The topological polar surface area (TPSA) is 173 Å². The highest BCUT2D eigenvalue weighted by atomic mass is 35.5. The van der Waals surface area contributed by atoms with E-state index in [1.165, 1.54) is 132 Å². The highest BCUT2D eigenvalue weighted by Gasteiger charge is 2.50. The van der Waals surface area contributed by atoms with Crippen molar-refractivity contribution >= 4 is 34.8 Å². The second-order valence-electron chi connectivity index (χ2n) is 24.3. The number of rotatable bonds is 7. The number of fused-ring (bicyclic) bond motifs is 2. The van der Waals surface area contributed by atoms with Gasteiger partial charge in [-0.25, -0.2) is 4.79 Å². The second-order valence-corrected chi connectivity index (χ2v) is 24.6. The second kappa shape index (κ2) is 20.8. The number of amides is 5. The minimum absolute atomic E-state index is 0.0304. The molecule has 12 aliphatic carbocycles. The first-order valence-electron chi connectivity index (χ1n) is 27.7. The van der Waals surface area contributed by atoms with Gasteiger partial charge in [0, 0.05) is 74.9 Å². The Morgan fingerprint density at radius 2 is 0.928 bits per heavy atom. The van der Waals surface area contributed by atoms with Gasteiger partial charge in [0.05, 0.1) is 12.1 Å². The maximum absolute atomic E-state index is 13.8. The van der Waals surface area contributed by atoms with Crippen molar-refractivity contribution in [2.24, 2.45) is 53.1 Å². The number of carbonyl (C=O) groups excluding carboxylic acids is 4. The van der Waals surface area contributed by atoms with Crippen LogP contribution in [0, 0.1) is 47.3 Å². The third-order valence-electron chi connectivity index (χ3n) is 19.0. The lowest BCUT2D eigenvalue weighted by molar-refractivity contribution is -0.0120. The van der Waals surface area contributed by atoms with Gasteiger partial charge in [-0.2, -0.15) is 10.2 Å². The molecule has 14 nitrogen and oxygen atoms in total. The summed E-state index contributed by atoms with van der Waals surface area (Å²) >= 11 is 4.90. The zero-order chi connectivity index (χ0) is 48.1. The van der Waals surface area contributed by atoms with Gasteiger partial charge >= 0.3 is 11.4 Å². The number of halogens is 1. The Hall–Kier alpha value is -3.65. The first-order chi connectivity index (χ1) is 33.3. The summed E-state index contributed by atoms with van der Waals surface area (Å²) < 4.78 is 4.48. The number of nitrogens with two attached hydrogens (primary N) is 1. The van der Waals surface area contributed by atoms with E-state index in [4.69, 9.17) is 27.5 Å². The number of hydrogen-bond acceptors (Lipinski definition) is 7. The highest BCUT2D eigenvalue weighted by molar-refractivity contribution is 6.62. The van der Waals surface area contributed by atoms with E-state index >= 15 is 0 Å². The molecule has 2 aromatic heterocycles.